The van der Waals surface area contributed by atoms with Crippen molar-refractivity contribution >= 4 is 5.97 Å². The number of carbonyl (C=O) groups is 1. The molecule has 0 aromatic rings. The smallest absolute Gasteiger partial charge is 0.401 e. The van der Waals surface area contributed by atoms with Gasteiger partial charge in [0.2, 0.25) is 0 Å². The van der Waals surface area contributed by atoms with Gasteiger partial charge in [-0.05, 0) is 5.92 Å². The molecule has 0 aromatic carbocycles. The third kappa shape index (κ3) is 2.87. The van der Waals surface area contributed by atoms with Gasteiger partial charge in [0.05, 0.1) is 12.5 Å². The second-order valence-corrected chi connectivity index (χ2v) is 3.73. The van der Waals surface area contributed by atoms with E-state index in [1.807, 2.05) is 0 Å². The zero-order valence-corrected chi connectivity index (χ0v) is 7.71. The molecule has 1 aliphatic rings. The highest BCUT2D eigenvalue weighted by molar-refractivity contribution is 5.71. The molecule has 1 rings (SSSR count). The molecule has 1 heterocycles. The second kappa shape index (κ2) is 3.76. The van der Waals surface area contributed by atoms with E-state index in [1.165, 1.54) is 0 Å². The number of nitrogens with zero attached hydrogens (tertiary/aromatic N) is 1. The van der Waals surface area contributed by atoms with Crippen molar-refractivity contribution in [3.8, 4) is 0 Å². The molecule has 2 unspecified atom stereocenters. The lowest BCUT2D eigenvalue weighted by Gasteiger charge is -2.16. The van der Waals surface area contributed by atoms with Crippen LogP contribution in [0.25, 0.3) is 0 Å². The molecule has 0 aliphatic carbocycles. The van der Waals surface area contributed by atoms with Crippen LogP contribution in [0.3, 0.4) is 0 Å². The van der Waals surface area contributed by atoms with E-state index in [0.717, 1.165) is 4.90 Å². The predicted octanol–water partition coefficient (Wildman–Crippen LogP) is 1.20. The molecule has 0 radical (unpaired) electrons. The second-order valence-electron chi connectivity index (χ2n) is 3.73. The van der Waals surface area contributed by atoms with Crippen LogP contribution in [0.1, 0.15) is 6.92 Å². The number of aliphatic carboxylic acids is 1. The summed E-state index contributed by atoms with van der Waals surface area (Å²) in [6, 6.07) is 0. The van der Waals surface area contributed by atoms with Crippen LogP contribution in [-0.4, -0.2) is 41.8 Å². The summed E-state index contributed by atoms with van der Waals surface area (Å²) in [5, 5.41) is 8.69. The Balaban J connectivity index is 2.51. The van der Waals surface area contributed by atoms with E-state index in [0.29, 0.717) is 0 Å². The van der Waals surface area contributed by atoms with Crippen LogP contribution >= 0.6 is 0 Å². The van der Waals surface area contributed by atoms with Gasteiger partial charge in [-0.1, -0.05) is 6.92 Å². The van der Waals surface area contributed by atoms with E-state index >= 15 is 0 Å². The molecule has 1 fully saturated rings. The Morgan fingerprint density at radius 3 is 2.43 bits per heavy atom. The monoisotopic (exact) mass is 211 g/mol. The van der Waals surface area contributed by atoms with Gasteiger partial charge >= 0.3 is 12.1 Å². The Morgan fingerprint density at radius 1 is 1.50 bits per heavy atom. The van der Waals surface area contributed by atoms with E-state index in [2.05, 4.69) is 0 Å². The maximum Gasteiger partial charge on any atom is 0.401 e. The lowest BCUT2D eigenvalue weighted by Crippen LogP contribution is -2.33. The Bertz CT molecular complexity index is 229. The van der Waals surface area contributed by atoms with Gasteiger partial charge in [0, 0.05) is 13.1 Å². The number of likely N-dealkylation sites (tertiary alicyclic amines) is 1. The Kier molecular flexibility index (Phi) is 3.04. The largest absolute Gasteiger partial charge is 0.481 e. The van der Waals surface area contributed by atoms with Crippen molar-refractivity contribution in [1.29, 1.82) is 0 Å². The topological polar surface area (TPSA) is 40.5 Å². The van der Waals surface area contributed by atoms with E-state index in [-0.39, 0.29) is 19.0 Å². The molecule has 0 amide bonds. The molecule has 6 heteroatoms. The van der Waals surface area contributed by atoms with Crippen LogP contribution in [0.15, 0.2) is 0 Å². The minimum atomic E-state index is -4.24. The van der Waals surface area contributed by atoms with Gasteiger partial charge in [-0.25, -0.2) is 0 Å². The van der Waals surface area contributed by atoms with Gasteiger partial charge in [0.15, 0.2) is 0 Å². The highest BCUT2D eigenvalue weighted by Gasteiger charge is 2.39. The van der Waals surface area contributed by atoms with E-state index in [4.69, 9.17) is 5.11 Å². The maximum atomic E-state index is 12.0. The fourth-order valence-electron chi connectivity index (χ4n) is 1.77. The summed E-state index contributed by atoms with van der Waals surface area (Å²) in [4.78, 5) is 11.8. The van der Waals surface area contributed by atoms with Gasteiger partial charge in [0.1, 0.15) is 0 Å². The normalized spacial score (nSPS) is 29.4. The maximum absolute atomic E-state index is 12.0. The number of halogens is 3. The average Bonchev–Trinajstić information content (AvgIpc) is 2.26. The number of alkyl halides is 3. The molecule has 0 spiro atoms. The number of carboxylic acids is 1. The van der Waals surface area contributed by atoms with Crippen LogP contribution in [0.5, 0.6) is 0 Å². The van der Waals surface area contributed by atoms with Gasteiger partial charge in [-0.3, -0.25) is 9.69 Å². The van der Waals surface area contributed by atoms with E-state index in [9.17, 15) is 18.0 Å². The SMILES string of the molecule is CC1CN(CC(F)(F)F)CC1C(=O)O. The summed E-state index contributed by atoms with van der Waals surface area (Å²) in [7, 11) is 0. The average molecular weight is 211 g/mol. The van der Waals surface area contributed by atoms with Gasteiger partial charge in [0.25, 0.3) is 0 Å². The Hall–Kier alpha value is -0.780. The van der Waals surface area contributed by atoms with Gasteiger partial charge in [-0.15, -0.1) is 0 Å². The predicted molar refractivity (Wildman–Crippen MR) is 42.8 cm³/mol. The molecule has 0 aromatic heterocycles. The minimum Gasteiger partial charge on any atom is -0.481 e. The van der Waals surface area contributed by atoms with Crippen molar-refractivity contribution in [3.05, 3.63) is 0 Å². The van der Waals surface area contributed by atoms with Crippen molar-refractivity contribution in [2.75, 3.05) is 19.6 Å². The van der Waals surface area contributed by atoms with Crippen LogP contribution in [0.4, 0.5) is 13.2 Å². The van der Waals surface area contributed by atoms with Crippen LogP contribution in [-0.2, 0) is 4.79 Å². The third-order valence-corrected chi connectivity index (χ3v) is 2.41. The molecule has 3 nitrogen and oxygen atoms in total. The van der Waals surface area contributed by atoms with Crippen molar-refractivity contribution in [2.24, 2.45) is 11.8 Å². The number of carboxylic acid groups (broad SMARTS) is 1. The van der Waals surface area contributed by atoms with E-state index < -0.39 is 24.6 Å². The lowest BCUT2D eigenvalue weighted by molar-refractivity contribution is -0.147. The number of rotatable bonds is 2. The molecule has 1 aliphatic heterocycles. The minimum absolute atomic E-state index is 0.00396. The summed E-state index contributed by atoms with van der Waals surface area (Å²) in [5.74, 6) is -1.89. The van der Waals surface area contributed by atoms with Crippen molar-refractivity contribution in [1.82, 2.24) is 4.90 Å². The third-order valence-electron chi connectivity index (χ3n) is 2.41. The molecule has 0 bridgehead atoms. The molecular weight excluding hydrogens is 199 g/mol. The molecule has 1 N–H and O–H groups in total. The Labute approximate surface area is 79.5 Å². The summed E-state index contributed by atoms with van der Waals surface area (Å²) in [6.07, 6.45) is -4.24. The summed E-state index contributed by atoms with van der Waals surface area (Å²) in [6.45, 7) is 0.850. The van der Waals surface area contributed by atoms with Crippen molar-refractivity contribution in [3.63, 3.8) is 0 Å². The molecule has 14 heavy (non-hydrogen) atoms. The molecule has 82 valence electrons. The van der Waals surface area contributed by atoms with Crippen LogP contribution < -0.4 is 0 Å². The van der Waals surface area contributed by atoms with Gasteiger partial charge < -0.3 is 5.11 Å². The quantitative estimate of drug-likeness (QED) is 0.746. The molecule has 2 atom stereocenters. The summed E-state index contributed by atoms with van der Waals surface area (Å²) < 4.78 is 35.9. The first-order valence-electron chi connectivity index (χ1n) is 4.31. The number of hydrogen-bond donors (Lipinski definition) is 1. The first kappa shape index (κ1) is 11.3. The van der Waals surface area contributed by atoms with Crippen molar-refractivity contribution < 1.29 is 23.1 Å². The molecule has 0 saturated carbocycles. The van der Waals surface area contributed by atoms with Crippen LogP contribution in [0, 0.1) is 11.8 Å². The molecule has 1 saturated heterocycles. The van der Waals surface area contributed by atoms with Gasteiger partial charge in [-0.2, -0.15) is 13.2 Å². The highest BCUT2D eigenvalue weighted by atomic mass is 19.4. The lowest BCUT2D eigenvalue weighted by atomic mass is 9.99. The fraction of sp³-hybridized carbons (Fsp3) is 0.875. The zero-order valence-electron chi connectivity index (χ0n) is 7.71. The van der Waals surface area contributed by atoms with Crippen LogP contribution in [0.2, 0.25) is 0 Å². The zero-order chi connectivity index (χ0) is 10.9. The highest BCUT2D eigenvalue weighted by Crippen LogP contribution is 2.26. The fourth-order valence-corrected chi connectivity index (χ4v) is 1.77. The van der Waals surface area contributed by atoms with Crippen molar-refractivity contribution in [2.45, 2.75) is 13.1 Å². The first-order valence-corrected chi connectivity index (χ1v) is 4.31. The summed E-state index contributed by atoms with van der Waals surface area (Å²) in [5.41, 5.74) is 0. The first-order chi connectivity index (χ1) is 6.29. The number of hydrogen-bond acceptors (Lipinski definition) is 2. The van der Waals surface area contributed by atoms with E-state index in [1.54, 1.807) is 6.92 Å². The molecular formula is C8H12F3NO2. The standard InChI is InChI=1S/C8H12F3NO2/c1-5-2-12(4-8(9,10)11)3-6(5)7(13)14/h5-6H,2-4H2,1H3,(H,13,14). The summed E-state index contributed by atoms with van der Waals surface area (Å²) >= 11 is 0. The Morgan fingerprint density at radius 2 is 2.07 bits per heavy atom.